The quantitative estimate of drug-likeness (QED) is 0.620. The Hall–Kier alpha value is -3.75. The molecule has 1 aliphatic carbocycles. The Morgan fingerprint density at radius 2 is 1.76 bits per heavy atom. The number of fused-ring (bicyclic) bond motifs is 1. The van der Waals surface area contributed by atoms with Crippen LogP contribution in [0.15, 0.2) is 53.6 Å². The number of hydrogen-bond acceptors (Lipinski definition) is 5. The monoisotopic (exact) mass is 448 g/mol. The van der Waals surface area contributed by atoms with Crippen LogP contribution < -0.4 is 16.1 Å². The van der Waals surface area contributed by atoms with Crippen LogP contribution in [0, 0.1) is 5.82 Å². The maximum atomic E-state index is 13.3. The number of nitrogens with one attached hydrogen (secondary N) is 1. The zero-order valence-corrected chi connectivity index (χ0v) is 18.1. The average Bonchev–Trinajstić information content (AvgIpc) is 3.42. The fourth-order valence-electron chi connectivity index (χ4n) is 4.72. The number of carbonyl (C=O) groups excluding carboxylic acids is 2. The average molecular weight is 449 g/mol. The van der Waals surface area contributed by atoms with Crippen molar-refractivity contribution in [2.24, 2.45) is 10.8 Å². The van der Waals surface area contributed by atoms with Crippen molar-refractivity contribution in [2.75, 3.05) is 10.3 Å². The Balaban J connectivity index is 1.45. The van der Waals surface area contributed by atoms with E-state index in [2.05, 4.69) is 20.0 Å². The van der Waals surface area contributed by atoms with Crippen LogP contribution in [0.25, 0.3) is 11.0 Å². The number of nitrogens with zero attached hydrogens (tertiary/aromatic N) is 4. The lowest BCUT2D eigenvalue weighted by molar-refractivity contribution is -0.119. The minimum atomic E-state index is -0.826. The number of benzene rings is 2. The Bertz CT molecular complexity index is 1230. The van der Waals surface area contributed by atoms with Gasteiger partial charge in [0, 0.05) is 12.5 Å². The van der Waals surface area contributed by atoms with E-state index in [4.69, 9.17) is 5.73 Å². The molecule has 2 aliphatic rings. The number of hydrogen-bond donors (Lipinski definition) is 2. The first-order chi connectivity index (χ1) is 16.0. The van der Waals surface area contributed by atoms with Gasteiger partial charge in [0.15, 0.2) is 0 Å². The molecule has 8 nitrogen and oxygen atoms in total. The van der Waals surface area contributed by atoms with E-state index in [0.717, 1.165) is 36.7 Å². The second kappa shape index (κ2) is 8.65. The molecular weight excluding hydrogens is 423 g/mol. The van der Waals surface area contributed by atoms with Gasteiger partial charge in [0.1, 0.15) is 17.6 Å². The summed E-state index contributed by atoms with van der Waals surface area (Å²) in [6.07, 6.45) is 5.63. The highest BCUT2D eigenvalue weighted by molar-refractivity contribution is 6.44. The van der Waals surface area contributed by atoms with Crippen LogP contribution in [0.5, 0.6) is 0 Å². The fourth-order valence-corrected chi connectivity index (χ4v) is 4.72. The van der Waals surface area contributed by atoms with Crippen molar-refractivity contribution in [1.82, 2.24) is 9.55 Å². The Labute approximate surface area is 190 Å². The molecule has 5 rings (SSSR count). The minimum absolute atomic E-state index is 0.0577. The SMILES string of the molecule is NC(=O)C1CC(C(=O)Nc2nc3ccccc3n2C2CCCCC2)=NN1c1ccc(F)cc1. The maximum absolute atomic E-state index is 13.3. The molecule has 1 atom stereocenters. The molecule has 2 aromatic carbocycles. The van der Waals surface area contributed by atoms with Gasteiger partial charge in [-0.3, -0.25) is 19.9 Å². The summed E-state index contributed by atoms with van der Waals surface area (Å²) in [5.41, 5.74) is 8.02. The highest BCUT2D eigenvalue weighted by atomic mass is 19.1. The fraction of sp³-hybridized carbons (Fsp3) is 0.333. The molecule has 1 saturated carbocycles. The molecular formula is C24H25FN6O2. The van der Waals surface area contributed by atoms with Crippen molar-refractivity contribution in [3.63, 3.8) is 0 Å². The predicted molar refractivity (Wildman–Crippen MR) is 124 cm³/mol. The number of primary amides is 1. The maximum Gasteiger partial charge on any atom is 0.274 e. The molecule has 1 unspecified atom stereocenters. The Morgan fingerprint density at radius 1 is 1.03 bits per heavy atom. The van der Waals surface area contributed by atoms with E-state index in [9.17, 15) is 14.0 Å². The van der Waals surface area contributed by atoms with Crippen LogP contribution in [0.2, 0.25) is 0 Å². The van der Waals surface area contributed by atoms with Crippen molar-refractivity contribution in [3.05, 3.63) is 54.3 Å². The summed E-state index contributed by atoms with van der Waals surface area (Å²) in [6, 6.07) is 12.8. The van der Waals surface area contributed by atoms with E-state index in [-0.39, 0.29) is 18.2 Å². The van der Waals surface area contributed by atoms with Gasteiger partial charge in [0.2, 0.25) is 11.9 Å². The first kappa shape index (κ1) is 21.1. The highest BCUT2D eigenvalue weighted by Crippen LogP contribution is 2.34. The lowest BCUT2D eigenvalue weighted by atomic mass is 9.95. The molecule has 1 aromatic heterocycles. The number of para-hydroxylation sites is 2. The number of carbonyl (C=O) groups is 2. The summed E-state index contributed by atoms with van der Waals surface area (Å²) in [4.78, 5) is 29.9. The molecule has 2 amide bonds. The number of imidazole rings is 1. The van der Waals surface area contributed by atoms with Crippen molar-refractivity contribution < 1.29 is 14.0 Å². The normalized spacial score (nSPS) is 19.0. The molecule has 2 heterocycles. The number of rotatable bonds is 5. The molecule has 3 aromatic rings. The van der Waals surface area contributed by atoms with Crippen molar-refractivity contribution in [1.29, 1.82) is 0 Å². The van der Waals surface area contributed by atoms with Crippen molar-refractivity contribution >= 4 is 40.2 Å². The summed E-state index contributed by atoms with van der Waals surface area (Å²) in [6.45, 7) is 0. The second-order valence-corrected chi connectivity index (χ2v) is 8.53. The minimum Gasteiger partial charge on any atom is -0.368 e. The molecule has 1 aliphatic heterocycles. The smallest absolute Gasteiger partial charge is 0.274 e. The number of hydrazone groups is 1. The van der Waals surface area contributed by atoms with Crippen LogP contribution in [-0.4, -0.2) is 33.1 Å². The third-order valence-corrected chi connectivity index (χ3v) is 6.35. The first-order valence-electron chi connectivity index (χ1n) is 11.2. The zero-order chi connectivity index (χ0) is 22.9. The van der Waals surface area contributed by atoms with Crippen molar-refractivity contribution in [2.45, 2.75) is 50.6 Å². The molecule has 3 N–H and O–H groups in total. The van der Waals surface area contributed by atoms with Gasteiger partial charge in [-0.25, -0.2) is 9.37 Å². The van der Waals surface area contributed by atoms with Gasteiger partial charge in [-0.05, 0) is 49.2 Å². The summed E-state index contributed by atoms with van der Waals surface area (Å²) in [7, 11) is 0. The van der Waals surface area contributed by atoms with Crippen LogP contribution >= 0.6 is 0 Å². The largest absolute Gasteiger partial charge is 0.368 e. The van der Waals surface area contributed by atoms with Gasteiger partial charge in [-0.15, -0.1) is 0 Å². The van der Waals surface area contributed by atoms with Crippen LogP contribution in [0.1, 0.15) is 44.6 Å². The van der Waals surface area contributed by atoms with Crippen LogP contribution in [0.3, 0.4) is 0 Å². The van der Waals surface area contributed by atoms with E-state index in [1.807, 2.05) is 24.3 Å². The second-order valence-electron chi connectivity index (χ2n) is 8.53. The Kier molecular flexibility index (Phi) is 5.53. The molecule has 0 bridgehead atoms. The number of nitrogens with two attached hydrogens (primary N) is 1. The molecule has 1 fully saturated rings. The molecule has 0 spiro atoms. The van der Waals surface area contributed by atoms with E-state index in [0.29, 0.717) is 11.6 Å². The molecule has 9 heteroatoms. The van der Waals surface area contributed by atoms with Crippen LogP contribution in [0.4, 0.5) is 16.0 Å². The predicted octanol–water partition coefficient (Wildman–Crippen LogP) is 3.74. The summed E-state index contributed by atoms with van der Waals surface area (Å²) in [5, 5.41) is 8.66. The highest BCUT2D eigenvalue weighted by Gasteiger charge is 2.35. The summed E-state index contributed by atoms with van der Waals surface area (Å²) < 4.78 is 15.5. The summed E-state index contributed by atoms with van der Waals surface area (Å²) >= 11 is 0. The first-order valence-corrected chi connectivity index (χ1v) is 11.2. The lowest BCUT2D eigenvalue weighted by Crippen LogP contribution is -2.39. The Morgan fingerprint density at radius 3 is 2.48 bits per heavy atom. The van der Waals surface area contributed by atoms with E-state index < -0.39 is 23.7 Å². The van der Waals surface area contributed by atoms with Gasteiger partial charge in [-0.1, -0.05) is 31.4 Å². The third kappa shape index (κ3) is 4.06. The molecule has 170 valence electrons. The van der Waals surface area contributed by atoms with Gasteiger partial charge in [0.25, 0.3) is 5.91 Å². The standard InChI is InChI=1S/C24H25FN6O2/c25-15-10-12-17(13-11-15)31-21(22(26)32)14-19(29-31)23(33)28-24-27-18-8-4-5-9-20(18)30(24)16-6-2-1-3-7-16/h4-5,8-13,16,21H,1-3,6-7,14H2,(H2,26,32)(H,27,28,33). The topological polar surface area (TPSA) is 106 Å². The van der Waals surface area contributed by atoms with Gasteiger partial charge in [-0.2, -0.15) is 5.10 Å². The molecule has 33 heavy (non-hydrogen) atoms. The lowest BCUT2D eigenvalue weighted by Gasteiger charge is -2.25. The summed E-state index contributed by atoms with van der Waals surface area (Å²) in [5.74, 6) is -0.970. The number of halogens is 1. The van der Waals surface area contributed by atoms with E-state index in [1.54, 1.807) is 0 Å². The van der Waals surface area contributed by atoms with Gasteiger partial charge >= 0.3 is 0 Å². The van der Waals surface area contributed by atoms with E-state index >= 15 is 0 Å². The van der Waals surface area contributed by atoms with Crippen molar-refractivity contribution in [3.8, 4) is 0 Å². The number of aromatic nitrogens is 2. The molecule has 0 saturated heterocycles. The van der Waals surface area contributed by atoms with Crippen LogP contribution in [-0.2, 0) is 9.59 Å². The zero-order valence-electron chi connectivity index (χ0n) is 18.1. The van der Waals surface area contributed by atoms with Gasteiger partial charge < -0.3 is 10.3 Å². The van der Waals surface area contributed by atoms with Gasteiger partial charge in [0.05, 0.1) is 16.7 Å². The van der Waals surface area contributed by atoms with E-state index in [1.165, 1.54) is 35.7 Å². The number of anilines is 2. The molecule has 0 radical (unpaired) electrons. The third-order valence-electron chi connectivity index (χ3n) is 6.35. The number of amides is 2.